The molecule has 7 heteroatoms. The molecule has 1 fully saturated rings. The van der Waals surface area contributed by atoms with Gasteiger partial charge in [0.2, 0.25) is 5.91 Å². The Morgan fingerprint density at radius 1 is 1.20 bits per heavy atom. The molecule has 3 rings (SSSR count). The summed E-state index contributed by atoms with van der Waals surface area (Å²) >= 11 is 0. The molecule has 1 heterocycles. The van der Waals surface area contributed by atoms with Crippen LogP contribution in [0.2, 0.25) is 0 Å². The Hall–Kier alpha value is -2.93. The summed E-state index contributed by atoms with van der Waals surface area (Å²) in [5, 5.41) is 12.7. The van der Waals surface area contributed by atoms with Crippen molar-refractivity contribution in [1.82, 2.24) is 10.2 Å². The molecule has 2 N–H and O–H groups in total. The fourth-order valence-electron chi connectivity index (χ4n) is 3.84. The van der Waals surface area contributed by atoms with Gasteiger partial charge in [-0.25, -0.2) is 4.39 Å². The van der Waals surface area contributed by atoms with Crippen molar-refractivity contribution in [1.29, 1.82) is 0 Å². The first kappa shape index (κ1) is 21.8. The molecule has 30 heavy (non-hydrogen) atoms. The van der Waals surface area contributed by atoms with E-state index in [1.165, 1.54) is 12.1 Å². The average molecular weight is 414 g/mol. The van der Waals surface area contributed by atoms with Crippen LogP contribution in [0, 0.1) is 18.7 Å². The van der Waals surface area contributed by atoms with Crippen molar-refractivity contribution in [2.75, 3.05) is 20.2 Å². The standard InChI is InChI=1S/C23H27FN2O4/c1-15-13-18(5-8-20(15)24)21(23(28)29)26-11-9-17(10-12-26)22(27)25-14-16-3-6-19(30-2)7-4-16/h3-8,13,17,21H,9-12,14H2,1-2H3,(H,25,27)(H,28,29). The smallest absolute Gasteiger partial charge is 0.325 e. The average Bonchev–Trinajstić information content (AvgIpc) is 2.75. The number of carboxylic acids is 1. The monoisotopic (exact) mass is 414 g/mol. The van der Waals surface area contributed by atoms with Crippen LogP contribution in [-0.4, -0.2) is 42.1 Å². The summed E-state index contributed by atoms with van der Waals surface area (Å²) < 4.78 is 18.7. The van der Waals surface area contributed by atoms with Gasteiger partial charge in [-0.3, -0.25) is 14.5 Å². The second kappa shape index (κ2) is 9.71. The Morgan fingerprint density at radius 2 is 1.87 bits per heavy atom. The first-order valence-corrected chi connectivity index (χ1v) is 10.0. The summed E-state index contributed by atoms with van der Waals surface area (Å²) in [5.74, 6) is -0.723. The number of nitrogens with zero attached hydrogens (tertiary/aromatic N) is 1. The third-order valence-corrected chi connectivity index (χ3v) is 5.62. The molecule has 1 unspecified atom stereocenters. The molecule has 1 atom stereocenters. The Balaban J connectivity index is 1.56. The summed E-state index contributed by atoms with van der Waals surface area (Å²) in [6, 6.07) is 11.1. The van der Waals surface area contributed by atoms with Crippen molar-refractivity contribution in [2.45, 2.75) is 32.4 Å². The van der Waals surface area contributed by atoms with Crippen LogP contribution in [0.1, 0.15) is 35.6 Å². The lowest BCUT2D eigenvalue weighted by Gasteiger charge is -2.35. The third-order valence-electron chi connectivity index (χ3n) is 5.62. The Bertz CT molecular complexity index is 893. The Labute approximate surface area is 175 Å². The van der Waals surface area contributed by atoms with Crippen molar-refractivity contribution in [3.63, 3.8) is 0 Å². The quantitative estimate of drug-likeness (QED) is 0.727. The second-order valence-electron chi connectivity index (χ2n) is 7.63. The number of piperidine rings is 1. The highest BCUT2D eigenvalue weighted by molar-refractivity contribution is 5.79. The number of ether oxygens (including phenoxy) is 1. The zero-order valence-electron chi connectivity index (χ0n) is 17.2. The fourth-order valence-corrected chi connectivity index (χ4v) is 3.84. The lowest BCUT2D eigenvalue weighted by molar-refractivity contribution is -0.144. The summed E-state index contributed by atoms with van der Waals surface area (Å²) in [4.78, 5) is 26.3. The lowest BCUT2D eigenvalue weighted by Crippen LogP contribution is -2.43. The van der Waals surface area contributed by atoms with Gasteiger partial charge in [-0.2, -0.15) is 0 Å². The lowest BCUT2D eigenvalue weighted by atomic mass is 9.93. The van der Waals surface area contributed by atoms with Gasteiger partial charge in [0.15, 0.2) is 0 Å². The molecular formula is C23H27FN2O4. The highest BCUT2D eigenvalue weighted by atomic mass is 19.1. The van der Waals surface area contributed by atoms with Crippen LogP contribution in [0.15, 0.2) is 42.5 Å². The van der Waals surface area contributed by atoms with Crippen LogP contribution >= 0.6 is 0 Å². The van der Waals surface area contributed by atoms with Gasteiger partial charge in [0.25, 0.3) is 0 Å². The Kier molecular flexibility index (Phi) is 7.05. The molecule has 0 spiro atoms. The molecule has 160 valence electrons. The van der Waals surface area contributed by atoms with E-state index in [9.17, 15) is 19.1 Å². The predicted molar refractivity (Wildman–Crippen MR) is 111 cm³/mol. The molecule has 1 aliphatic heterocycles. The molecule has 2 aromatic rings. The van der Waals surface area contributed by atoms with Gasteiger partial charge in [0.05, 0.1) is 7.11 Å². The topological polar surface area (TPSA) is 78.9 Å². The van der Waals surface area contributed by atoms with Gasteiger partial charge in [-0.1, -0.05) is 24.3 Å². The number of nitrogens with one attached hydrogen (secondary N) is 1. The molecule has 0 aromatic heterocycles. The van der Waals surface area contributed by atoms with Crippen molar-refractivity contribution >= 4 is 11.9 Å². The number of carboxylic acid groups (broad SMARTS) is 1. The molecule has 1 aliphatic rings. The molecule has 0 saturated carbocycles. The zero-order chi connectivity index (χ0) is 21.7. The zero-order valence-corrected chi connectivity index (χ0v) is 17.2. The minimum Gasteiger partial charge on any atom is -0.497 e. The van der Waals surface area contributed by atoms with Crippen molar-refractivity contribution in [3.8, 4) is 5.75 Å². The van der Waals surface area contributed by atoms with Crippen LogP contribution in [0.4, 0.5) is 4.39 Å². The molecule has 0 aliphatic carbocycles. The number of hydrogen-bond acceptors (Lipinski definition) is 4. The minimum atomic E-state index is -0.969. The van der Waals surface area contributed by atoms with E-state index in [0.29, 0.717) is 43.6 Å². The number of carbonyl (C=O) groups excluding carboxylic acids is 1. The molecule has 0 bridgehead atoms. The molecule has 1 saturated heterocycles. The number of likely N-dealkylation sites (tertiary alicyclic amines) is 1. The van der Waals surface area contributed by atoms with E-state index >= 15 is 0 Å². The fraction of sp³-hybridized carbons (Fsp3) is 0.391. The number of methoxy groups -OCH3 is 1. The number of halogens is 1. The first-order chi connectivity index (χ1) is 14.4. The van der Waals surface area contributed by atoms with E-state index in [1.807, 2.05) is 29.2 Å². The van der Waals surface area contributed by atoms with E-state index < -0.39 is 12.0 Å². The van der Waals surface area contributed by atoms with Gasteiger partial charge in [0.1, 0.15) is 17.6 Å². The SMILES string of the molecule is COc1ccc(CNC(=O)C2CCN(C(C(=O)O)c3ccc(F)c(C)c3)CC2)cc1. The minimum absolute atomic E-state index is 0.0185. The van der Waals surface area contributed by atoms with E-state index in [4.69, 9.17) is 4.74 Å². The van der Waals surface area contributed by atoms with E-state index in [0.717, 1.165) is 11.3 Å². The van der Waals surface area contributed by atoms with Crippen molar-refractivity contribution < 1.29 is 23.8 Å². The normalized spacial score (nSPS) is 16.1. The highest BCUT2D eigenvalue weighted by Gasteiger charge is 2.33. The number of rotatable bonds is 7. The number of benzene rings is 2. The van der Waals surface area contributed by atoms with Gasteiger partial charge in [-0.15, -0.1) is 0 Å². The van der Waals surface area contributed by atoms with Crippen LogP contribution in [0.5, 0.6) is 5.75 Å². The van der Waals surface area contributed by atoms with Crippen LogP contribution in [-0.2, 0) is 16.1 Å². The summed E-state index contributed by atoms with van der Waals surface area (Å²) in [6.07, 6.45) is 1.16. The third kappa shape index (κ3) is 5.16. The Morgan fingerprint density at radius 3 is 2.43 bits per heavy atom. The second-order valence-corrected chi connectivity index (χ2v) is 7.63. The van der Waals surface area contributed by atoms with Gasteiger partial charge in [0, 0.05) is 25.6 Å². The van der Waals surface area contributed by atoms with Crippen LogP contribution < -0.4 is 10.1 Å². The maximum atomic E-state index is 13.6. The predicted octanol–water partition coefficient (Wildman–Crippen LogP) is 3.30. The number of aryl methyl sites for hydroxylation is 1. The van der Waals surface area contributed by atoms with E-state index in [1.54, 1.807) is 20.1 Å². The van der Waals surface area contributed by atoms with E-state index in [-0.39, 0.29) is 17.6 Å². The molecule has 1 amide bonds. The maximum Gasteiger partial charge on any atom is 0.325 e. The van der Waals surface area contributed by atoms with Crippen LogP contribution in [0.3, 0.4) is 0 Å². The van der Waals surface area contributed by atoms with E-state index in [2.05, 4.69) is 5.32 Å². The number of aliphatic carboxylic acids is 1. The highest BCUT2D eigenvalue weighted by Crippen LogP contribution is 2.28. The van der Waals surface area contributed by atoms with Gasteiger partial charge in [-0.05, 0) is 54.7 Å². The summed E-state index contributed by atoms with van der Waals surface area (Å²) in [6.45, 7) is 3.05. The van der Waals surface area contributed by atoms with Gasteiger partial charge >= 0.3 is 5.97 Å². The van der Waals surface area contributed by atoms with Crippen molar-refractivity contribution in [2.24, 2.45) is 5.92 Å². The first-order valence-electron chi connectivity index (χ1n) is 10.0. The van der Waals surface area contributed by atoms with Crippen molar-refractivity contribution in [3.05, 3.63) is 65.0 Å². The molecule has 6 nitrogen and oxygen atoms in total. The number of hydrogen-bond donors (Lipinski definition) is 2. The number of amides is 1. The molecule has 0 radical (unpaired) electrons. The maximum absolute atomic E-state index is 13.6. The van der Waals surface area contributed by atoms with Crippen LogP contribution in [0.25, 0.3) is 0 Å². The molecule has 2 aromatic carbocycles. The summed E-state index contributed by atoms with van der Waals surface area (Å²) in [5.41, 5.74) is 1.97. The summed E-state index contributed by atoms with van der Waals surface area (Å²) in [7, 11) is 1.61. The largest absolute Gasteiger partial charge is 0.497 e. The number of carbonyl (C=O) groups is 2. The molecular weight excluding hydrogens is 387 g/mol. The van der Waals surface area contributed by atoms with Gasteiger partial charge < -0.3 is 15.2 Å².